The molecule has 0 bridgehead atoms. The van der Waals surface area contributed by atoms with Gasteiger partial charge in [0.05, 0.1) is 36.4 Å². The highest BCUT2D eigenvalue weighted by atomic mass is 32.1. The maximum absolute atomic E-state index is 13.4. The average molecular weight is 418 g/mol. The minimum Gasteiger partial charge on any atom is -0.497 e. The molecule has 8 heteroatoms. The molecular formula is C21H23FN2O4S. The summed E-state index contributed by atoms with van der Waals surface area (Å²) in [5, 5.41) is 0. The molecule has 0 atom stereocenters. The number of amides is 1. The van der Waals surface area contributed by atoms with Crippen molar-refractivity contribution in [1.82, 2.24) is 0 Å². The van der Waals surface area contributed by atoms with Gasteiger partial charge in [0.25, 0.3) is 0 Å². The van der Waals surface area contributed by atoms with E-state index in [0.29, 0.717) is 22.1 Å². The first-order valence-corrected chi connectivity index (χ1v) is 9.33. The zero-order chi connectivity index (χ0) is 21.6. The monoisotopic (exact) mass is 418 g/mol. The predicted molar refractivity (Wildman–Crippen MR) is 114 cm³/mol. The molecule has 2 aromatic carbocycles. The summed E-state index contributed by atoms with van der Waals surface area (Å²) in [4.78, 5) is 28.4. The lowest BCUT2D eigenvalue weighted by Crippen LogP contribution is -2.34. The Morgan fingerprint density at radius 3 is 2.45 bits per heavy atom. The summed E-state index contributed by atoms with van der Waals surface area (Å²) in [5.41, 5.74) is 1.14. The maximum atomic E-state index is 13.4. The minimum atomic E-state index is -0.555. The quantitative estimate of drug-likeness (QED) is 0.503. The van der Waals surface area contributed by atoms with Gasteiger partial charge in [0, 0.05) is 19.8 Å². The molecule has 0 unspecified atom stereocenters. The zero-order valence-electron chi connectivity index (χ0n) is 16.8. The molecule has 1 amide bonds. The summed E-state index contributed by atoms with van der Waals surface area (Å²) in [7, 11) is 4.71. The number of hydrogen-bond donors (Lipinski definition) is 0. The summed E-state index contributed by atoms with van der Waals surface area (Å²) < 4.78 is 23.7. The van der Waals surface area contributed by atoms with Crippen molar-refractivity contribution in [3.63, 3.8) is 0 Å². The first kappa shape index (κ1) is 22.3. The Hall–Kier alpha value is -3.00. The molecule has 0 radical (unpaired) electrons. The van der Waals surface area contributed by atoms with Crippen LogP contribution in [0.1, 0.15) is 23.7 Å². The van der Waals surface area contributed by atoms with Gasteiger partial charge < -0.3 is 19.3 Å². The first-order valence-electron chi connectivity index (χ1n) is 8.92. The van der Waals surface area contributed by atoms with Crippen LogP contribution >= 0.6 is 12.2 Å². The van der Waals surface area contributed by atoms with E-state index in [1.165, 1.54) is 30.2 Å². The van der Waals surface area contributed by atoms with E-state index >= 15 is 0 Å². The number of methoxy groups -OCH3 is 1. The van der Waals surface area contributed by atoms with Crippen molar-refractivity contribution in [3.8, 4) is 5.75 Å². The normalized spacial score (nSPS) is 10.2. The SMILES string of the molecule is CCOC(=O)c1cc(OC)ccc1N(C)C(=O)CC(=S)N(C)c1cccc(F)c1. The molecule has 0 fully saturated rings. The van der Waals surface area contributed by atoms with Gasteiger partial charge in [-0.25, -0.2) is 9.18 Å². The third kappa shape index (κ3) is 5.51. The Morgan fingerprint density at radius 2 is 1.83 bits per heavy atom. The molecule has 2 rings (SSSR count). The van der Waals surface area contributed by atoms with E-state index in [9.17, 15) is 14.0 Å². The third-order valence-electron chi connectivity index (χ3n) is 4.31. The van der Waals surface area contributed by atoms with Gasteiger partial charge >= 0.3 is 5.97 Å². The minimum absolute atomic E-state index is 0.0901. The van der Waals surface area contributed by atoms with Crippen LogP contribution in [0.25, 0.3) is 0 Å². The fourth-order valence-corrected chi connectivity index (χ4v) is 2.87. The van der Waals surface area contributed by atoms with Gasteiger partial charge in [0.1, 0.15) is 11.6 Å². The van der Waals surface area contributed by atoms with Crippen molar-refractivity contribution in [3.05, 3.63) is 53.8 Å². The third-order valence-corrected chi connectivity index (χ3v) is 4.72. The van der Waals surface area contributed by atoms with Gasteiger partial charge in [-0.3, -0.25) is 4.79 Å². The second-order valence-corrected chi connectivity index (χ2v) is 6.64. The molecule has 0 aliphatic rings. The van der Waals surface area contributed by atoms with Crippen molar-refractivity contribution >= 4 is 40.5 Å². The highest BCUT2D eigenvalue weighted by molar-refractivity contribution is 7.80. The molecule has 0 aliphatic heterocycles. The van der Waals surface area contributed by atoms with Crippen LogP contribution in [0.3, 0.4) is 0 Å². The number of benzene rings is 2. The van der Waals surface area contributed by atoms with Crippen LogP contribution in [-0.4, -0.2) is 44.7 Å². The summed E-state index contributed by atoms with van der Waals surface area (Å²) in [6.45, 7) is 1.91. The number of thiocarbonyl (C=S) groups is 1. The second-order valence-electron chi connectivity index (χ2n) is 6.17. The molecule has 154 valence electrons. The number of rotatable bonds is 7. The van der Waals surface area contributed by atoms with Crippen LogP contribution in [0.15, 0.2) is 42.5 Å². The smallest absolute Gasteiger partial charge is 0.340 e. The number of hydrogen-bond acceptors (Lipinski definition) is 5. The Bertz CT molecular complexity index is 919. The molecule has 6 nitrogen and oxygen atoms in total. The number of esters is 1. The molecule has 0 aliphatic carbocycles. The summed E-state index contributed by atoms with van der Waals surface area (Å²) in [5.74, 6) is -0.800. The van der Waals surface area contributed by atoms with Gasteiger partial charge in [-0.05, 0) is 43.3 Å². The first-order chi connectivity index (χ1) is 13.8. The Morgan fingerprint density at radius 1 is 1.10 bits per heavy atom. The molecule has 2 aromatic rings. The largest absolute Gasteiger partial charge is 0.497 e. The van der Waals surface area contributed by atoms with Crippen molar-refractivity contribution in [1.29, 1.82) is 0 Å². The molecule has 0 saturated heterocycles. The van der Waals surface area contributed by atoms with Crippen LogP contribution in [0.4, 0.5) is 15.8 Å². The molecule has 0 saturated carbocycles. The standard InChI is InChI=1S/C21H23FN2O4S/c1-5-28-21(26)17-12-16(27-4)9-10-18(17)24(3)19(25)13-20(29)23(2)15-8-6-7-14(22)11-15/h6-12H,5,13H2,1-4H3. The van der Waals surface area contributed by atoms with Crippen molar-refractivity contribution in [2.45, 2.75) is 13.3 Å². The number of ether oxygens (including phenoxy) is 2. The van der Waals surface area contributed by atoms with Crippen LogP contribution in [-0.2, 0) is 9.53 Å². The molecule has 0 spiro atoms. The van der Waals surface area contributed by atoms with Crippen molar-refractivity contribution in [2.24, 2.45) is 0 Å². The number of nitrogens with zero attached hydrogens (tertiary/aromatic N) is 2. The fourth-order valence-electron chi connectivity index (χ4n) is 2.64. The average Bonchev–Trinajstić information content (AvgIpc) is 2.72. The lowest BCUT2D eigenvalue weighted by Gasteiger charge is -2.24. The summed E-state index contributed by atoms with van der Waals surface area (Å²) in [6.07, 6.45) is -0.0901. The van der Waals surface area contributed by atoms with E-state index in [1.54, 1.807) is 50.2 Å². The molecule has 0 aromatic heterocycles. The van der Waals surface area contributed by atoms with Crippen LogP contribution in [0, 0.1) is 5.82 Å². The number of anilines is 2. The van der Waals surface area contributed by atoms with Crippen molar-refractivity contribution < 1.29 is 23.5 Å². The topological polar surface area (TPSA) is 59.1 Å². The van der Waals surface area contributed by atoms with Crippen LogP contribution in [0.5, 0.6) is 5.75 Å². The van der Waals surface area contributed by atoms with Gasteiger partial charge in [-0.15, -0.1) is 0 Å². The number of carbonyl (C=O) groups is 2. The Balaban J connectivity index is 2.21. The van der Waals surface area contributed by atoms with Crippen LogP contribution < -0.4 is 14.5 Å². The molecule has 29 heavy (non-hydrogen) atoms. The Labute approximate surface area is 174 Å². The predicted octanol–water partition coefficient (Wildman–Crippen LogP) is 3.83. The van der Waals surface area contributed by atoms with Gasteiger partial charge in [0.15, 0.2) is 0 Å². The highest BCUT2D eigenvalue weighted by Gasteiger charge is 2.22. The number of halogens is 1. The van der Waals surface area contributed by atoms with Crippen LogP contribution in [0.2, 0.25) is 0 Å². The molecular weight excluding hydrogens is 395 g/mol. The lowest BCUT2D eigenvalue weighted by molar-refractivity contribution is -0.117. The zero-order valence-corrected chi connectivity index (χ0v) is 17.6. The number of carbonyl (C=O) groups excluding carboxylic acids is 2. The van der Waals surface area contributed by atoms with Gasteiger partial charge in [-0.1, -0.05) is 18.3 Å². The van der Waals surface area contributed by atoms with E-state index in [0.717, 1.165) is 0 Å². The second kappa shape index (κ2) is 9.97. The molecule has 0 heterocycles. The summed E-state index contributed by atoms with van der Waals surface area (Å²) in [6, 6.07) is 10.7. The molecule has 0 N–H and O–H groups in total. The summed E-state index contributed by atoms with van der Waals surface area (Å²) >= 11 is 5.36. The maximum Gasteiger partial charge on any atom is 0.340 e. The van der Waals surface area contributed by atoms with E-state index in [2.05, 4.69) is 0 Å². The van der Waals surface area contributed by atoms with Gasteiger partial charge in [-0.2, -0.15) is 0 Å². The highest BCUT2D eigenvalue weighted by Crippen LogP contribution is 2.26. The lowest BCUT2D eigenvalue weighted by atomic mass is 10.1. The van der Waals surface area contributed by atoms with Gasteiger partial charge in [0.2, 0.25) is 5.91 Å². The van der Waals surface area contributed by atoms with E-state index in [1.807, 2.05) is 0 Å². The van der Waals surface area contributed by atoms with E-state index < -0.39 is 11.8 Å². The Kier molecular flexibility index (Phi) is 7.67. The fraction of sp³-hybridized carbons (Fsp3) is 0.286. The van der Waals surface area contributed by atoms with Crippen molar-refractivity contribution in [2.75, 3.05) is 37.6 Å². The van der Waals surface area contributed by atoms with E-state index in [-0.39, 0.29) is 24.5 Å². The van der Waals surface area contributed by atoms with E-state index in [4.69, 9.17) is 21.7 Å².